The number of morpholine rings is 1. The molecule has 3 N–H and O–H groups in total. The van der Waals surface area contributed by atoms with Gasteiger partial charge in [-0.3, -0.25) is 4.90 Å². The first-order chi connectivity index (χ1) is 13.9. The Morgan fingerprint density at radius 3 is 2.72 bits per heavy atom. The minimum atomic E-state index is -0.722. The summed E-state index contributed by atoms with van der Waals surface area (Å²) in [7, 11) is 1.46. The maximum Gasteiger partial charge on any atom is 0.338 e. The summed E-state index contributed by atoms with van der Waals surface area (Å²) in [5.41, 5.74) is 2.02. The summed E-state index contributed by atoms with van der Waals surface area (Å²) in [4.78, 5) is 26.8. The van der Waals surface area contributed by atoms with Crippen molar-refractivity contribution in [1.82, 2.24) is 15.5 Å². The zero-order valence-electron chi connectivity index (χ0n) is 16.9. The number of allylic oxidation sites excluding steroid dienone is 1. The van der Waals surface area contributed by atoms with Crippen molar-refractivity contribution in [2.45, 2.75) is 26.4 Å². The SMILES string of the molecule is CCOC(=O)C1=C(C)NC(=O)NC1c1cc(CN2CCOCC2)c(O)c(OC)c1. The minimum absolute atomic E-state index is 0.0430. The van der Waals surface area contributed by atoms with E-state index in [9.17, 15) is 14.7 Å². The Labute approximate surface area is 169 Å². The van der Waals surface area contributed by atoms with E-state index in [0.717, 1.165) is 13.1 Å². The maximum atomic E-state index is 12.5. The molecule has 2 amide bonds. The van der Waals surface area contributed by atoms with Gasteiger partial charge in [0.05, 0.1) is 38.5 Å². The number of nitrogens with zero attached hydrogens (tertiary/aromatic N) is 1. The molecular weight excluding hydrogens is 378 g/mol. The summed E-state index contributed by atoms with van der Waals surface area (Å²) < 4.78 is 15.9. The van der Waals surface area contributed by atoms with E-state index in [1.54, 1.807) is 26.0 Å². The molecule has 0 spiro atoms. The Kier molecular flexibility index (Phi) is 6.60. The molecule has 2 heterocycles. The molecule has 9 heteroatoms. The van der Waals surface area contributed by atoms with E-state index in [1.165, 1.54) is 7.11 Å². The van der Waals surface area contributed by atoms with Gasteiger partial charge in [-0.25, -0.2) is 9.59 Å². The summed E-state index contributed by atoms with van der Waals surface area (Å²) >= 11 is 0. The number of carbonyl (C=O) groups excluding carboxylic acids is 2. The third-order valence-corrected chi connectivity index (χ3v) is 4.99. The van der Waals surface area contributed by atoms with Gasteiger partial charge in [0, 0.05) is 30.9 Å². The number of urea groups is 1. The lowest BCUT2D eigenvalue weighted by atomic mass is 9.93. The number of hydrogen-bond donors (Lipinski definition) is 3. The van der Waals surface area contributed by atoms with Crippen molar-refractivity contribution in [2.24, 2.45) is 0 Å². The van der Waals surface area contributed by atoms with Crippen LogP contribution in [0.4, 0.5) is 4.79 Å². The molecule has 9 nitrogen and oxygen atoms in total. The van der Waals surface area contributed by atoms with Gasteiger partial charge in [-0.05, 0) is 31.5 Å². The third kappa shape index (κ3) is 4.63. The van der Waals surface area contributed by atoms with Gasteiger partial charge in [0.1, 0.15) is 0 Å². The Morgan fingerprint density at radius 1 is 1.34 bits per heavy atom. The van der Waals surface area contributed by atoms with Crippen molar-refractivity contribution < 1.29 is 28.9 Å². The van der Waals surface area contributed by atoms with Crippen LogP contribution in [0.3, 0.4) is 0 Å². The Morgan fingerprint density at radius 2 is 2.07 bits per heavy atom. The van der Waals surface area contributed by atoms with Crippen LogP contribution in [0.2, 0.25) is 0 Å². The standard InChI is InChI=1S/C20H27N3O6/c1-4-29-19(25)16-12(2)21-20(26)22-17(16)13-9-14(18(24)15(10-13)27-3)11-23-5-7-28-8-6-23/h9-10,17,24H,4-8,11H2,1-3H3,(H2,21,22,26). The first-order valence-corrected chi connectivity index (χ1v) is 9.59. The Hall–Kier alpha value is -2.78. The number of phenolic OH excluding ortho intramolecular Hbond substituents is 1. The first kappa shape index (κ1) is 20.9. The molecule has 158 valence electrons. The van der Waals surface area contributed by atoms with E-state index >= 15 is 0 Å². The van der Waals surface area contributed by atoms with Gasteiger partial charge < -0.3 is 30.0 Å². The number of aromatic hydroxyl groups is 1. The van der Waals surface area contributed by atoms with Crippen LogP contribution in [-0.4, -0.2) is 62.0 Å². The Bertz CT molecular complexity index is 817. The highest BCUT2D eigenvalue weighted by atomic mass is 16.5. The number of phenols is 1. The van der Waals surface area contributed by atoms with Crippen molar-refractivity contribution in [3.8, 4) is 11.5 Å². The van der Waals surface area contributed by atoms with Crippen LogP contribution in [0.15, 0.2) is 23.4 Å². The molecular formula is C20H27N3O6. The van der Waals surface area contributed by atoms with Gasteiger partial charge in [-0.15, -0.1) is 0 Å². The van der Waals surface area contributed by atoms with E-state index in [-0.39, 0.29) is 18.1 Å². The van der Waals surface area contributed by atoms with Crippen LogP contribution in [0.1, 0.15) is 31.0 Å². The van der Waals surface area contributed by atoms with Crippen LogP contribution in [0.25, 0.3) is 0 Å². The number of nitrogens with one attached hydrogen (secondary N) is 2. The Balaban J connectivity index is 2.01. The number of amides is 2. The summed E-state index contributed by atoms with van der Waals surface area (Å²) in [6.07, 6.45) is 0. The largest absolute Gasteiger partial charge is 0.504 e. The van der Waals surface area contributed by atoms with Gasteiger partial charge >= 0.3 is 12.0 Å². The summed E-state index contributed by atoms with van der Waals surface area (Å²) in [5, 5.41) is 16.0. The molecule has 2 aliphatic heterocycles. The predicted molar refractivity (Wildman–Crippen MR) is 104 cm³/mol. The molecule has 1 saturated heterocycles. The molecule has 1 unspecified atom stereocenters. The van der Waals surface area contributed by atoms with E-state index in [4.69, 9.17) is 14.2 Å². The van der Waals surface area contributed by atoms with Crippen molar-refractivity contribution in [2.75, 3.05) is 40.0 Å². The third-order valence-electron chi connectivity index (χ3n) is 4.99. The normalized spacial score (nSPS) is 20.1. The molecule has 0 bridgehead atoms. The van der Waals surface area contributed by atoms with Crippen LogP contribution in [-0.2, 0) is 20.8 Å². The molecule has 1 fully saturated rings. The molecule has 1 aromatic rings. The van der Waals surface area contributed by atoms with Crippen molar-refractivity contribution >= 4 is 12.0 Å². The topological polar surface area (TPSA) is 109 Å². The van der Waals surface area contributed by atoms with E-state index < -0.39 is 18.0 Å². The predicted octanol–water partition coefficient (Wildman–Crippen LogP) is 1.42. The lowest BCUT2D eigenvalue weighted by molar-refractivity contribution is -0.139. The summed E-state index contributed by atoms with van der Waals surface area (Å²) in [5.74, 6) is -0.190. The first-order valence-electron chi connectivity index (χ1n) is 9.59. The lowest BCUT2D eigenvalue weighted by Crippen LogP contribution is -2.45. The lowest BCUT2D eigenvalue weighted by Gasteiger charge is -2.30. The monoisotopic (exact) mass is 405 g/mol. The number of methoxy groups -OCH3 is 1. The van der Waals surface area contributed by atoms with Gasteiger partial charge in [0.15, 0.2) is 11.5 Å². The molecule has 1 atom stereocenters. The summed E-state index contributed by atoms with van der Waals surface area (Å²) in [6.45, 7) is 6.87. The highest BCUT2D eigenvalue weighted by Gasteiger charge is 2.33. The number of hydrogen-bond acceptors (Lipinski definition) is 7. The average molecular weight is 405 g/mol. The van der Waals surface area contributed by atoms with E-state index in [1.807, 2.05) is 0 Å². The molecule has 0 aromatic heterocycles. The number of carbonyl (C=O) groups is 2. The fraction of sp³-hybridized carbons (Fsp3) is 0.500. The molecule has 3 rings (SSSR count). The second-order valence-corrected chi connectivity index (χ2v) is 6.91. The van der Waals surface area contributed by atoms with Gasteiger partial charge in [-0.2, -0.15) is 0 Å². The summed E-state index contributed by atoms with van der Waals surface area (Å²) in [6, 6.07) is 2.28. The average Bonchev–Trinajstić information content (AvgIpc) is 2.69. The highest BCUT2D eigenvalue weighted by molar-refractivity contribution is 5.95. The van der Waals surface area contributed by atoms with Gasteiger partial charge in [-0.1, -0.05) is 0 Å². The van der Waals surface area contributed by atoms with Crippen LogP contribution in [0.5, 0.6) is 11.5 Å². The van der Waals surface area contributed by atoms with E-state index in [2.05, 4.69) is 15.5 Å². The van der Waals surface area contributed by atoms with Gasteiger partial charge in [0.2, 0.25) is 0 Å². The van der Waals surface area contributed by atoms with Crippen LogP contribution >= 0.6 is 0 Å². The fourth-order valence-electron chi connectivity index (χ4n) is 3.56. The second-order valence-electron chi connectivity index (χ2n) is 6.91. The quantitative estimate of drug-likeness (QED) is 0.614. The second kappa shape index (κ2) is 9.15. The van der Waals surface area contributed by atoms with Crippen molar-refractivity contribution in [3.63, 3.8) is 0 Å². The zero-order chi connectivity index (χ0) is 21.0. The van der Waals surface area contributed by atoms with Crippen molar-refractivity contribution in [1.29, 1.82) is 0 Å². The van der Waals surface area contributed by atoms with Crippen LogP contribution < -0.4 is 15.4 Å². The molecule has 29 heavy (non-hydrogen) atoms. The fourth-order valence-corrected chi connectivity index (χ4v) is 3.56. The molecule has 0 radical (unpaired) electrons. The van der Waals surface area contributed by atoms with Gasteiger partial charge in [0.25, 0.3) is 0 Å². The highest BCUT2D eigenvalue weighted by Crippen LogP contribution is 2.37. The van der Waals surface area contributed by atoms with Crippen LogP contribution in [0, 0.1) is 0 Å². The zero-order valence-corrected chi connectivity index (χ0v) is 16.9. The molecule has 2 aliphatic rings. The number of ether oxygens (including phenoxy) is 3. The number of esters is 1. The minimum Gasteiger partial charge on any atom is -0.504 e. The number of rotatable bonds is 6. The number of benzene rings is 1. The molecule has 0 saturated carbocycles. The smallest absolute Gasteiger partial charge is 0.338 e. The molecule has 0 aliphatic carbocycles. The van der Waals surface area contributed by atoms with E-state index in [0.29, 0.717) is 42.2 Å². The molecule has 1 aromatic carbocycles. The van der Waals surface area contributed by atoms with Crippen molar-refractivity contribution in [3.05, 3.63) is 34.5 Å². The maximum absolute atomic E-state index is 12.5.